The fourth-order valence-electron chi connectivity index (χ4n) is 4.43. The molecule has 1 heterocycles. The summed E-state index contributed by atoms with van der Waals surface area (Å²) in [4.78, 5) is 18.2. The third-order valence-corrected chi connectivity index (χ3v) is 9.59. The molecule has 0 radical (unpaired) electrons. The van der Waals surface area contributed by atoms with Gasteiger partial charge in [-0.25, -0.2) is 9.78 Å². The molecular weight excluding hydrogens is 524 g/mol. The minimum absolute atomic E-state index is 0.116. The van der Waals surface area contributed by atoms with Crippen molar-refractivity contribution >= 4 is 63.1 Å². The molecule has 4 aromatic carbocycles. The van der Waals surface area contributed by atoms with Gasteiger partial charge in [0.2, 0.25) is 0 Å². The number of fused-ring (bicyclic) bond motifs is 1. The van der Waals surface area contributed by atoms with E-state index < -0.39 is 13.1 Å². The predicted octanol–water partition coefficient (Wildman–Crippen LogP) is 7.02. The molecule has 0 aliphatic carbocycles. The fourth-order valence-corrected chi connectivity index (χ4v) is 7.38. The van der Waals surface area contributed by atoms with E-state index in [2.05, 4.69) is 0 Å². The Labute approximate surface area is 225 Å². The Morgan fingerprint density at radius 2 is 1.27 bits per heavy atom. The molecule has 4 nitrogen and oxygen atoms in total. The smallest absolute Gasteiger partial charge is 0.357 e. The summed E-state index contributed by atoms with van der Waals surface area (Å²) in [7, 11) is -3.59. The van der Waals surface area contributed by atoms with Crippen molar-refractivity contribution < 1.29 is 14.1 Å². The molecule has 0 aliphatic rings. The van der Waals surface area contributed by atoms with Crippen LogP contribution in [0.5, 0.6) is 0 Å². The second kappa shape index (κ2) is 10.5. The van der Waals surface area contributed by atoms with Gasteiger partial charge in [-0.1, -0.05) is 77.8 Å². The third-order valence-electron chi connectivity index (χ3n) is 6.10. The summed E-state index contributed by atoms with van der Waals surface area (Å²) in [6.45, 7) is 1.93. The molecule has 1 aromatic heterocycles. The van der Waals surface area contributed by atoms with E-state index >= 15 is 4.57 Å². The van der Waals surface area contributed by atoms with Crippen LogP contribution in [0.25, 0.3) is 21.9 Å². The van der Waals surface area contributed by atoms with Crippen LogP contribution in [0.15, 0.2) is 103 Å². The predicted molar refractivity (Wildman–Crippen MR) is 153 cm³/mol. The summed E-state index contributed by atoms with van der Waals surface area (Å²) in [5.74, 6) is -0.577. The van der Waals surface area contributed by atoms with Gasteiger partial charge in [0.05, 0.1) is 6.61 Å². The zero-order valence-electron chi connectivity index (χ0n) is 19.9. The molecule has 37 heavy (non-hydrogen) atoms. The van der Waals surface area contributed by atoms with Crippen LogP contribution in [0.4, 0.5) is 0 Å². The second-order valence-electron chi connectivity index (χ2n) is 8.35. The molecule has 0 amide bonds. The average Bonchev–Trinajstić information content (AvgIpc) is 2.93. The van der Waals surface area contributed by atoms with Crippen molar-refractivity contribution in [3.63, 3.8) is 0 Å². The molecule has 5 aromatic rings. The molecule has 7 heteroatoms. The van der Waals surface area contributed by atoms with Gasteiger partial charge in [0.15, 0.2) is 12.8 Å². The van der Waals surface area contributed by atoms with E-state index in [-0.39, 0.29) is 12.3 Å². The molecule has 0 unspecified atom stereocenters. The van der Waals surface area contributed by atoms with E-state index in [9.17, 15) is 4.79 Å². The van der Waals surface area contributed by atoms with E-state index in [1.54, 1.807) is 55.5 Å². The number of hydrogen-bond acceptors (Lipinski definition) is 4. The number of pyridine rings is 1. The van der Waals surface area contributed by atoms with E-state index in [1.807, 2.05) is 54.6 Å². The molecule has 184 valence electrons. The average molecular weight is 546 g/mol. The van der Waals surface area contributed by atoms with E-state index in [0.717, 1.165) is 10.9 Å². The van der Waals surface area contributed by atoms with Gasteiger partial charge in [0.1, 0.15) is 5.44 Å². The topological polar surface area (TPSA) is 56.3 Å². The Balaban J connectivity index is 1.92. The molecule has 0 saturated carbocycles. The van der Waals surface area contributed by atoms with Crippen LogP contribution < -0.4 is 16.0 Å². The zero-order chi connectivity index (χ0) is 26.0. The number of halogens is 2. The summed E-state index contributed by atoms with van der Waals surface area (Å²) >= 11 is 12.4. The maximum Gasteiger partial charge on any atom is 0.357 e. The highest BCUT2D eigenvalue weighted by molar-refractivity contribution is 7.85. The van der Waals surface area contributed by atoms with Crippen LogP contribution in [0, 0.1) is 0 Å². The molecular formula is C30H22Cl2NO3P. The summed E-state index contributed by atoms with van der Waals surface area (Å²) < 4.78 is 20.8. The number of carbonyl (C=O) groups excluding carboxylic acids is 1. The third kappa shape index (κ3) is 4.69. The highest BCUT2D eigenvalue weighted by atomic mass is 35.5. The first kappa shape index (κ1) is 25.2. The first-order valence-electron chi connectivity index (χ1n) is 11.7. The minimum atomic E-state index is -3.59. The van der Waals surface area contributed by atoms with Crippen molar-refractivity contribution in [1.82, 2.24) is 4.98 Å². The summed E-state index contributed by atoms with van der Waals surface area (Å²) in [6.07, 6.45) is 0. The number of benzene rings is 4. The van der Waals surface area contributed by atoms with Crippen molar-refractivity contribution in [2.24, 2.45) is 0 Å². The maximum atomic E-state index is 15.3. The number of carbonyl (C=O) groups is 1. The van der Waals surface area contributed by atoms with Crippen LogP contribution >= 0.6 is 30.3 Å². The van der Waals surface area contributed by atoms with Gasteiger partial charge < -0.3 is 9.30 Å². The Hall–Kier alpha value is -3.43. The van der Waals surface area contributed by atoms with Crippen molar-refractivity contribution in [2.45, 2.75) is 6.92 Å². The van der Waals surface area contributed by atoms with Crippen molar-refractivity contribution in [1.29, 1.82) is 0 Å². The summed E-state index contributed by atoms with van der Waals surface area (Å²) in [5.41, 5.74) is 1.87. The molecule has 0 bridgehead atoms. The highest BCUT2D eigenvalue weighted by Crippen LogP contribution is 2.45. The lowest BCUT2D eigenvalue weighted by atomic mass is 9.97. The Kier molecular flexibility index (Phi) is 7.17. The number of aromatic nitrogens is 1. The van der Waals surface area contributed by atoms with Crippen molar-refractivity contribution in [2.75, 3.05) is 6.61 Å². The summed E-state index contributed by atoms with van der Waals surface area (Å²) in [6, 6.07) is 30.9. The highest BCUT2D eigenvalue weighted by Gasteiger charge is 2.35. The lowest BCUT2D eigenvalue weighted by Crippen LogP contribution is -2.29. The summed E-state index contributed by atoms with van der Waals surface area (Å²) in [5, 5.41) is 3.57. The second-order valence-corrected chi connectivity index (χ2v) is 11.9. The van der Waals surface area contributed by atoms with Gasteiger partial charge in [0, 0.05) is 31.6 Å². The Bertz CT molecular complexity index is 1590. The van der Waals surface area contributed by atoms with Crippen LogP contribution in [-0.4, -0.2) is 17.6 Å². The van der Waals surface area contributed by atoms with Crippen LogP contribution in [0.3, 0.4) is 0 Å². The van der Waals surface area contributed by atoms with Gasteiger partial charge >= 0.3 is 5.97 Å². The fraction of sp³-hybridized carbons (Fsp3) is 0.0667. The van der Waals surface area contributed by atoms with Crippen LogP contribution in [-0.2, 0) is 9.30 Å². The molecule has 0 atom stereocenters. The standard InChI is InChI=1S/C30H22Cl2NO3P/c1-2-36-30(34)28-27(20-8-4-3-5-9-20)25-10-6-7-11-26(25)29(33-28)37(35,23-16-12-21(31)13-17-23)24-18-14-22(32)15-19-24/h3-19H,2H2,1H3. The monoisotopic (exact) mass is 545 g/mol. The lowest BCUT2D eigenvalue weighted by Gasteiger charge is -2.23. The van der Waals surface area contributed by atoms with Crippen molar-refractivity contribution in [3.8, 4) is 11.1 Å². The lowest BCUT2D eigenvalue weighted by molar-refractivity contribution is 0.0521. The van der Waals surface area contributed by atoms with E-state index in [0.29, 0.717) is 37.0 Å². The van der Waals surface area contributed by atoms with E-state index in [4.69, 9.17) is 32.9 Å². The minimum Gasteiger partial charge on any atom is -0.461 e. The van der Waals surface area contributed by atoms with Crippen LogP contribution in [0.1, 0.15) is 17.4 Å². The number of rotatable bonds is 6. The zero-order valence-corrected chi connectivity index (χ0v) is 22.3. The van der Waals surface area contributed by atoms with Gasteiger partial charge in [-0.15, -0.1) is 0 Å². The Morgan fingerprint density at radius 1 is 0.757 bits per heavy atom. The van der Waals surface area contributed by atoms with E-state index in [1.165, 1.54) is 0 Å². The Morgan fingerprint density at radius 3 is 1.81 bits per heavy atom. The van der Waals surface area contributed by atoms with Gasteiger partial charge in [-0.3, -0.25) is 0 Å². The van der Waals surface area contributed by atoms with Gasteiger partial charge in [0.25, 0.3) is 0 Å². The van der Waals surface area contributed by atoms with Crippen LogP contribution in [0.2, 0.25) is 10.0 Å². The number of nitrogens with zero attached hydrogens (tertiary/aromatic N) is 1. The number of hydrogen-bond donors (Lipinski definition) is 0. The van der Waals surface area contributed by atoms with Gasteiger partial charge in [-0.05, 0) is 66.4 Å². The number of ether oxygens (including phenoxy) is 1. The largest absolute Gasteiger partial charge is 0.461 e. The number of esters is 1. The molecule has 0 aliphatic heterocycles. The molecule has 0 spiro atoms. The molecule has 5 rings (SSSR count). The van der Waals surface area contributed by atoms with Crippen molar-refractivity contribution in [3.05, 3.63) is 119 Å². The first-order valence-corrected chi connectivity index (χ1v) is 14.2. The quantitative estimate of drug-likeness (QED) is 0.170. The molecule has 0 fully saturated rings. The van der Waals surface area contributed by atoms with Gasteiger partial charge in [-0.2, -0.15) is 0 Å². The normalized spacial score (nSPS) is 11.4. The first-order chi connectivity index (χ1) is 17.9. The molecule has 0 N–H and O–H groups in total. The maximum absolute atomic E-state index is 15.3. The SMILES string of the molecule is CCOC(=O)c1nc(P(=O)(c2ccc(Cl)cc2)c2ccc(Cl)cc2)c2ccccc2c1-c1ccccc1. The molecule has 0 saturated heterocycles.